The summed E-state index contributed by atoms with van der Waals surface area (Å²) in [5.74, 6) is 1.14. The van der Waals surface area contributed by atoms with Crippen molar-refractivity contribution in [3.63, 3.8) is 0 Å². The minimum Gasteiger partial charge on any atom is -0.275 e. The molecular weight excluding hydrogens is 206 g/mol. The third-order valence-electron chi connectivity index (χ3n) is 1.62. The number of hydrogen-bond donors (Lipinski definition) is 1. The molecule has 1 aliphatic carbocycles. The van der Waals surface area contributed by atoms with Gasteiger partial charge in [-0.15, -0.1) is 24.4 Å². The molecule has 0 heterocycles. The van der Waals surface area contributed by atoms with E-state index in [9.17, 15) is 0 Å². The van der Waals surface area contributed by atoms with Crippen molar-refractivity contribution in [3.8, 4) is 0 Å². The van der Waals surface area contributed by atoms with Crippen LogP contribution in [0.5, 0.6) is 0 Å². The summed E-state index contributed by atoms with van der Waals surface area (Å²) in [6.07, 6.45) is 5.58. The number of thioether (sulfide) groups is 2. The third kappa shape index (κ3) is 2.47. The molecule has 12 heavy (non-hydrogen) atoms. The van der Waals surface area contributed by atoms with E-state index in [2.05, 4.69) is 36.7 Å². The second-order valence-electron chi connectivity index (χ2n) is 2.46. The molecule has 1 nitrogen and oxygen atoms in total. The molecule has 0 fully saturated rings. The molecule has 4 heteroatoms. The smallest absolute Gasteiger partial charge is 0.122 e. The van der Waals surface area contributed by atoms with Gasteiger partial charge in [0.25, 0.3) is 0 Å². The van der Waals surface area contributed by atoms with Crippen molar-refractivity contribution in [3.05, 3.63) is 12.2 Å². The second-order valence-corrected chi connectivity index (χ2v) is 6.36. The van der Waals surface area contributed by atoms with Gasteiger partial charge in [0.1, 0.15) is 4.38 Å². The van der Waals surface area contributed by atoms with E-state index in [1.54, 1.807) is 18.8 Å². The Morgan fingerprint density at radius 2 is 2.42 bits per heavy atom. The zero-order chi connectivity index (χ0) is 9.03. The average Bonchev–Trinajstić information content (AvgIpc) is 2.00. The first-order valence-electron chi connectivity index (χ1n) is 3.89. The summed E-state index contributed by atoms with van der Waals surface area (Å²) < 4.78 is 1.12. The summed E-state index contributed by atoms with van der Waals surface area (Å²) in [6.45, 7) is 2.18. The minimum absolute atomic E-state index is 0.241. The Balaban J connectivity index is 2.51. The number of nitrogens with zero attached hydrogens (tertiary/aromatic N) is 1. The summed E-state index contributed by atoms with van der Waals surface area (Å²) in [6, 6.07) is 0. The average molecular weight is 219 g/mol. The van der Waals surface area contributed by atoms with Gasteiger partial charge in [-0.3, -0.25) is 4.99 Å². The number of thiol groups is 1. The van der Waals surface area contributed by atoms with E-state index in [-0.39, 0.29) is 4.08 Å². The Hall–Kier alpha value is 0.460. The molecule has 0 saturated carbocycles. The largest absolute Gasteiger partial charge is 0.275 e. The molecule has 1 rings (SSSR count). The summed E-state index contributed by atoms with van der Waals surface area (Å²) in [4.78, 5) is 4.03. The molecule has 0 spiro atoms. The molecule has 1 atom stereocenters. The van der Waals surface area contributed by atoms with E-state index in [4.69, 9.17) is 0 Å². The first kappa shape index (κ1) is 10.5. The van der Waals surface area contributed by atoms with Crippen molar-refractivity contribution in [1.82, 2.24) is 0 Å². The molecule has 68 valence electrons. The highest BCUT2D eigenvalue weighted by Crippen LogP contribution is 2.48. The lowest BCUT2D eigenvalue weighted by atomic mass is 10.1. The van der Waals surface area contributed by atoms with Gasteiger partial charge in [0.2, 0.25) is 0 Å². The predicted molar refractivity (Wildman–Crippen MR) is 64.6 cm³/mol. The summed E-state index contributed by atoms with van der Waals surface area (Å²) in [5.41, 5.74) is 0. The zero-order valence-electron chi connectivity index (χ0n) is 7.28. The number of rotatable bonds is 3. The minimum atomic E-state index is 0.241. The molecule has 0 aromatic heterocycles. The fraction of sp³-hybridized carbons (Fsp3) is 0.625. The van der Waals surface area contributed by atoms with E-state index < -0.39 is 0 Å². The highest BCUT2D eigenvalue weighted by molar-refractivity contribution is 8.37. The molecule has 1 aliphatic rings. The van der Waals surface area contributed by atoms with Crippen molar-refractivity contribution < 1.29 is 0 Å². The van der Waals surface area contributed by atoms with E-state index in [1.165, 1.54) is 0 Å². The quantitative estimate of drug-likeness (QED) is 0.257. The molecule has 0 aromatic rings. The van der Waals surface area contributed by atoms with Crippen molar-refractivity contribution in [1.29, 1.82) is 0 Å². The van der Waals surface area contributed by atoms with E-state index >= 15 is 0 Å². The lowest BCUT2D eigenvalue weighted by Gasteiger charge is -2.33. The van der Waals surface area contributed by atoms with Gasteiger partial charge in [-0.1, -0.05) is 30.8 Å². The van der Waals surface area contributed by atoms with Crippen LogP contribution < -0.4 is 0 Å². The normalized spacial score (nSPS) is 28.8. The first-order chi connectivity index (χ1) is 5.72. The molecule has 0 amide bonds. The van der Waals surface area contributed by atoms with Gasteiger partial charge in [-0.05, 0) is 12.2 Å². The van der Waals surface area contributed by atoms with Crippen LogP contribution in [0.4, 0.5) is 0 Å². The van der Waals surface area contributed by atoms with E-state index in [0.717, 1.165) is 16.5 Å². The van der Waals surface area contributed by atoms with Crippen LogP contribution in [-0.4, -0.2) is 21.3 Å². The molecular formula is C8H13NS3. The standard InChI is InChI=1S/C8H13NS3/c1-3-11-8(5-4-6-8)12-7(10)9-2/h4-5H,3,6H2,1-2H3,(H,9,10). The van der Waals surface area contributed by atoms with Crippen LogP contribution in [0.1, 0.15) is 13.3 Å². The van der Waals surface area contributed by atoms with Gasteiger partial charge in [0.05, 0.1) is 4.08 Å². The molecule has 0 bridgehead atoms. The molecule has 1 unspecified atom stereocenters. The summed E-state index contributed by atoms with van der Waals surface area (Å²) in [5, 5.41) is 0. The maximum atomic E-state index is 4.27. The van der Waals surface area contributed by atoms with Crippen LogP contribution in [0.15, 0.2) is 17.1 Å². The van der Waals surface area contributed by atoms with Crippen LogP contribution in [0, 0.1) is 0 Å². The molecule has 0 radical (unpaired) electrons. The Morgan fingerprint density at radius 3 is 2.75 bits per heavy atom. The van der Waals surface area contributed by atoms with Crippen LogP contribution in [0.3, 0.4) is 0 Å². The maximum Gasteiger partial charge on any atom is 0.122 e. The Kier molecular flexibility index (Phi) is 4.06. The second kappa shape index (κ2) is 4.63. The molecule has 0 aromatic carbocycles. The fourth-order valence-corrected chi connectivity index (χ4v) is 4.11. The summed E-state index contributed by atoms with van der Waals surface area (Å²) in [7, 11) is 1.78. The van der Waals surface area contributed by atoms with E-state index in [0.29, 0.717) is 0 Å². The van der Waals surface area contributed by atoms with E-state index in [1.807, 2.05) is 11.8 Å². The van der Waals surface area contributed by atoms with Gasteiger partial charge in [-0.25, -0.2) is 0 Å². The SMILES string of the molecule is CCSC1(S/C(S)=N\C)C=CC1. The Bertz CT molecular complexity index is 212. The number of hydrogen-bond acceptors (Lipinski definition) is 3. The lowest BCUT2D eigenvalue weighted by molar-refractivity contribution is 0.922. The van der Waals surface area contributed by atoms with Gasteiger partial charge in [-0.2, -0.15) is 0 Å². The predicted octanol–water partition coefficient (Wildman–Crippen LogP) is 3.04. The molecule has 0 saturated heterocycles. The number of aliphatic imine (C=N–C) groups is 1. The fourth-order valence-electron chi connectivity index (χ4n) is 0.967. The van der Waals surface area contributed by atoms with Crippen LogP contribution in [0.25, 0.3) is 0 Å². The van der Waals surface area contributed by atoms with Crippen LogP contribution in [-0.2, 0) is 0 Å². The zero-order valence-corrected chi connectivity index (χ0v) is 9.81. The molecule has 0 N–H and O–H groups in total. The third-order valence-corrected chi connectivity index (χ3v) is 4.79. The maximum absolute atomic E-state index is 4.27. The Morgan fingerprint density at radius 1 is 1.75 bits per heavy atom. The molecule has 0 aliphatic heterocycles. The highest BCUT2D eigenvalue weighted by Gasteiger charge is 2.33. The monoisotopic (exact) mass is 219 g/mol. The summed E-state index contributed by atoms with van der Waals surface area (Å²) >= 11 is 7.97. The van der Waals surface area contributed by atoms with Crippen LogP contribution >= 0.6 is 36.2 Å². The van der Waals surface area contributed by atoms with Crippen molar-refractivity contribution in [2.75, 3.05) is 12.8 Å². The Labute approximate surface area is 87.9 Å². The van der Waals surface area contributed by atoms with Gasteiger partial charge < -0.3 is 0 Å². The topological polar surface area (TPSA) is 12.4 Å². The van der Waals surface area contributed by atoms with Crippen LogP contribution in [0.2, 0.25) is 0 Å². The van der Waals surface area contributed by atoms with Gasteiger partial charge >= 0.3 is 0 Å². The number of allylic oxidation sites excluding steroid dienone is 1. The first-order valence-corrected chi connectivity index (χ1v) is 6.14. The lowest BCUT2D eigenvalue weighted by Crippen LogP contribution is -2.24. The highest BCUT2D eigenvalue weighted by atomic mass is 32.2. The van der Waals surface area contributed by atoms with Gasteiger partial charge in [0, 0.05) is 7.05 Å². The van der Waals surface area contributed by atoms with Crippen molar-refractivity contribution in [2.24, 2.45) is 4.99 Å². The van der Waals surface area contributed by atoms with Crippen molar-refractivity contribution >= 4 is 40.5 Å². The van der Waals surface area contributed by atoms with Crippen molar-refractivity contribution in [2.45, 2.75) is 17.4 Å². The van der Waals surface area contributed by atoms with Gasteiger partial charge in [0.15, 0.2) is 0 Å².